The molecule has 2 N–H and O–H groups in total. The van der Waals surface area contributed by atoms with Gasteiger partial charge in [-0.3, -0.25) is 14.8 Å². The first-order chi connectivity index (χ1) is 14.0. The van der Waals surface area contributed by atoms with Crippen molar-refractivity contribution in [3.8, 4) is 5.75 Å². The van der Waals surface area contributed by atoms with Gasteiger partial charge in [0.25, 0.3) is 0 Å². The number of halogens is 1. The summed E-state index contributed by atoms with van der Waals surface area (Å²) in [7, 11) is 0. The maximum Gasteiger partial charge on any atom is 0.324 e. The highest BCUT2D eigenvalue weighted by atomic mass is 32.2. The maximum absolute atomic E-state index is 14.0. The quantitative estimate of drug-likeness (QED) is 0.285. The van der Waals surface area contributed by atoms with Crippen LogP contribution in [0.25, 0.3) is 0 Å². The van der Waals surface area contributed by atoms with Crippen molar-refractivity contribution in [2.45, 2.75) is 51.5 Å². The van der Waals surface area contributed by atoms with Crippen LogP contribution in [-0.4, -0.2) is 42.3 Å². The van der Waals surface area contributed by atoms with Crippen LogP contribution in [0.5, 0.6) is 5.75 Å². The summed E-state index contributed by atoms with van der Waals surface area (Å²) in [5, 5.41) is 2.28. The zero-order valence-corrected chi connectivity index (χ0v) is 17.7. The molecule has 29 heavy (non-hydrogen) atoms. The summed E-state index contributed by atoms with van der Waals surface area (Å²) in [4.78, 5) is 24.1. The molecule has 3 rings (SSSR count). The number of rotatable bonds is 13. The van der Waals surface area contributed by atoms with E-state index in [9.17, 15) is 14.0 Å². The molecule has 6 nitrogen and oxygen atoms in total. The van der Waals surface area contributed by atoms with E-state index in [2.05, 4.69) is 17.0 Å². The van der Waals surface area contributed by atoms with Gasteiger partial charge in [0, 0.05) is 18.3 Å². The second-order valence-corrected chi connectivity index (χ2v) is 8.73. The van der Waals surface area contributed by atoms with Crippen LogP contribution in [0.4, 0.5) is 9.18 Å². The van der Waals surface area contributed by atoms with Crippen LogP contribution in [0.2, 0.25) is 0 Å². The van der Waals surface area contributed by atoms with Gasteiger partial charge in [-0.15, -0.1) is 0 Å². The Kier molecular flexibility index (Phi) is 8.18. The van der Waals surface area contributed by atoms with Crippen molar-refractivity contribution < 1.29 is 18.7 Å². The van der Waals surface area contributed by atoms with Gasteiger partial charge in [0.05, 0.1) is 6.61 Å². The lowest BCUT2D eigenvalue weighted by molar-refractivity contribution is -0.118. The number of imide groups is 1. The van der Waals surface area contributed by atoms with Crippen LogP contribution < -0.4 is 14.8 Å². The molecule has 1 heterocycles. The van der Waals surface area contributed by atoms with Crippen molar-refractivity contribution in [1.82, 2.24) is 14.9 Å². The van der Waals surface area contributed by atoms with Crippen LogP contribution in [-0.2, 0) is 4.79 Å². The molecule has 2 fully saturated rings. The molecule has 0 radical (unpaired) electrons. The van der Waals surface area contributed by atoms with E-state index in [-0.39, 0.29) is 30.3 Å². The van der Waals surface area contributed by atoms with Gasteiger partial charge in [-0.1, -0.05) is 37.3 Å². The predicted molar refractivity (Wildman–Crippen MR) is 112 cm³/mol. The Balaban J connectivity index is 1.29. The second kappa shape index (κ2) is 10.8. The average molecular weight is 424 g/mol. The Labute approximate surface area is 176 Å². The molecule has 1 aliphatic heterocycles. The number of unbranched alkanes of at least 4 members (excludes halogenated alkanes) is 2. The van der Waals surface area contributed by atoms with Crippen molar-refractivity contribution in [1.29, 1.82) is 0 Å². The topological polar surface area (TPSA) is 70.7 Å². The lowest BCUT2D eigenvalue weighted by Gasteiger charge is -2.16. The molecular formula is C21H30FN3O3S. The first-order valence-corrected chi connectivity index (χ1v) is 11.4. The normalized spacial score (nSPS) is 17.5. The molecule has 2 aliphatic rings. The number of carbonyl (C=O) groups is 2. The lowest BCUT2D eigenvalue weighted by atomic mass is 10.1. The van der Waals surface area contributed by atoms with Crippen molar-refractivity contribution in [3.63, 3.8) is 0 Å². The number of urea groups is 1. The van der Waals surface area contributed by atoms with Gasteiger partial charge in [-0.05, 0) is 49.8 Å². The van der Waals surface area contributed by atoms with E-state index in [0.717, 1.165) is 42.9 Å². The molecule has 1 aliphatic carbocycles. The van der Waals surface area contributed by atoms with Gasteiger partial charge in [0.15, 0.2) is 11.6 Å². The van der Waals surface area contributed by atoms with Gasteiger partial charge in [-0.25, -0.2) is 9.18 Å². The molecular weight excluding hydrogens is 393 g/mol. The Morgan fingerprint density at radius 3 is 2.86 bits per heavy atom. The van der Waals surface area contributed by atoms with Crippen LogP contribution in [0.3, 0.4) is 0 Å². The second-order valence-electron chi connectivity index (χ2n) is 7.79. The third-order valence-corrected chi connectivity index (χ3v) is 6.25. The van der Waals surface area contributed by atoms with Crippen LogP contribution in [0.1, 0.15) is 57.1 Å². The van der Waals surface area contributed by atoms with E-state index in [1.807, 2.05) is 0 Å². The average Bonchev–Trinajstić information content (AvgIpc) is 3.46. The summed E-state index contributed by atoms with van der Waals surface area (Å²) >= 11 is 1.65. The van der Waals surface area contributed by atoms with Gasteiger partial charge < -0.3 is 9.64 Å². The van der Waals surface area contributed by atoms with E-state index < -0.39 is 0 Å². The number of benzene rings is 1. The number of amides is 3. The number of carbonyl (C=O) groups excluding carboxylic acids is 2. The molecule has 3 amide bonds. The maximum atomic E-state index is 14.0. The largest absolute Gasteiger partial charge is 0.490 e. The predicted octanol–water partition coefficient (Wildman–Crippen LogP) is 4.03. The van der Waals surface area contributed by atoms with Crippen molar-refractivity contribution in [2.75, 3.05) is 25.4 Å². The number of hydrogen-bond acceptors (Lipinski definition) is 5. The van der Waals surface area contributed by atoms with Crippen LogP contribution in [0.15, 0.2) is 18.2 Å². The van der Waals surface area contributed by atoms with Gasteiger partial charge in [-0.2, -0.15) is 0 Å². The number of ether oxygens (including phenoxy) is 1. The zero-order valence-electron chi connectivity index (χ0n) is 16.9. The first-order valence-electron chi connectivity index (χ1n) is 10.4. The molecule has 0 bridgehead atoms. The monoisotopic (exact) mass is 423 g/mol. The highest BCUT2D eigenvalue weighted by Gasteiger charge is 2.25. The van der Waals surface area contributed by atoms with Gasteiger partial charge >= 0.3 is 6.03 Å². The fourth-order valence-corrected chi connectivity index (χ4v) is 4.06. The molecule has 8 heteroatoms. The highest BCUT2D eigenvalue weighted by molar-refractivity contribution is 7.97. The molecule has 1 aromatic rings. The minimum Gasteiger partial charge on any atom is -0.490 e. The Morgan fingerprint density at radius 1 is 1.31 bits per heavy atom. The Bertz CT molecular complexity index is 714. The summed E-state index contributed by atoms with van der Waals surface area (Å²) in [5.41, 5.74) is 1.00. The van der Waals surface area contributed by atoms with Crippen LogP contribution >= 0.6 is 11.9 Å². The molecule has 1 saturated carbocycles. The summed E-state index contributed by atoms with van der Waals surface area (Å²) in [5.74, 6) is 1.53. The van der Waals surface area contributed by atoms with Gasteiger partial charge in [0.1, 0.15) is 6.54 Å². The summed E-state index contributed by atoms with van der Waals surface area (Å²) < 4.78 is 23.0. The fourth-order valence-electron chi connectivity index (χ4n) is 3.21. The summed E-state index contributed by atoms with van der Waals surface area (Å²) in [6, 6.07) is 4.87. The van der Waals surface area contributed by atoms with E-state index >= 15 is 0 Å². The van der Waals surface area contributed by atoms with E-state index in [1.165, 1.54) is 18.9 Å². The Hall–Kier alpha value is -1.80. The number of nitrogens with zero attached hydrogens (tertiary/aromatic N) is 1. The minimum atomic E-state index is -0.308. The minimum absolute atomic E-state index is 0.0886. The molecule has 0 spiro atoms. The smallest absolute Gasteiger partial charge is 0.324 e. The molecule has 1 saturated heterocycles. The van der Waals surface area contributed by atoms with Crippen LogP contribution in [0, 0.1) is 11.7 Å². The Morgan fingerprint density at radius 2 is 2.14 bits per heavy atom. The van der Waals surface area contributed by atoms with E-state index in [1.54, 1.807) is 29.0 Å². The van der Waals surface area contributed by atoms with Crippen molar-refractivity contribution in [2.24, 2.45) is 5.92 Å². The molecule has 0 aromatic heterocycles. The summed E-state index contributed by atoms with van der Waals surface area (Å²) in [6.45, 7) is 3.42. The number of hydrogen-bond donors (Lipinski definition) is 2. The van der Waals surface area contributed by atoms with E-state index in [0.29, 0.717) is 18.9 Å². The molecule has 1 unspecified atom stereocenters. The van der Waals surface area contributed by atoms with Crippen molar-refractivity contribution >= 4 is 23.9 Å². The SMILES string of the molecule is CC(NSCCCCCN1CC(=O)NC1=O)c1ccc(F)c(OCCC2CC2)c1. The number of nitrogens with one attached hydrogen (secondary N) is 2. The van der Waals surface area contributed by atoms with Crippen molar-refractivity contribution in [3.05, 3.63) is 29.6 Å². The molecule has 1 aromatic carbocycles. The fraction of sp³-hybridized carbons (Fsp3) is 0.619. The first kappa shape index (κ1) is 21.9. The third kappa shape index (κ3) is 7.19. The molecule has 1 atom stereocenters. The highest BCUT2D eigenvalue weighted by Crippen LogP contribution is 2.32. The zero-order chi connectivity index (χ0) is 20.6. The lowest BCUT2D eigenvalue weighted by Crippen LogP contribution is -2.29. The standard InChI is InChI=1S/C21H30FN3O3S/c1-15(17-7-8-18(22)19(13-17)28-11-9-16-5-6-16)24-29-12-4-2-3-10-25-14-20(26)23-21(25)27/h7-8,13,15-16,24H,2-6,9-12,14H2,1H3,(H,23,26,27). The summed E-state index contributed by atoms with van der Waals surface area (Å²) in [6.07, 6.45) is 6.46. The molecule has 160 valence electrons. The van der Waals surface area contributed by atoms with E-state index in [4.69, 9.17) is 4.74 Å². The van der Waals surface area contributed by atoms with Gasteiger partial charge in [0.2, 0.25) is 5.91 Å². The third-order valence-electron chi connectivity index (χ3n) is 5.24.